The molecule has 0 aliphatic heterocycles. The molecule has 0 atom stereocenters. The molecule has 30 heavy (non-hydrogen) atoms. The number of rotatable bonds is 11. The van der Waals surface area contributed by atoms with E-state index in [-0.39, 0.29) is 0 Å². The third-order valence-corrected chi connectivity index (χ3v) is 4.90. The number of pyridine rings is 2. The summed E-state index contributed by atoms with van der Waals surface area (Å²) in [7, 11) is 0. The molecule has 5 nitrogen and oxygen atoms in total. The number of nitriles is 1. The summed E-state index contributed by atoms with van der Waals surface area (Å²) in [4.78, 5) is 11.4. The number of anilines is 2. The summed E-state index contributed by atoms with van der Waals surface area (Å²) >= 11 is 0. The summed E-state index contributed by atoms with van der Waals surface area (Å²) in [6.45, 7) is 4.69. The molecule has 0 fully saturated rings. The maximum absolute atomic E-state index is 8.60. The van der Waals surface area contributed by atoms with Crippen LogP contribution in [0, 0.1) is 11.5 Å². The molecule has 0 aliphatic rings. The Labute approximate surface area is 178 Å². The number of nitrogens with one attached hydrogen (secondary N) is 1. The van der Waals surface area contributed by atoms with E-state index in [1.54, 1.807) is 0 Å². The van der Waals surface area contributed by atoms with E-state index >= 15 is 0 Å². The van der Waals surface area contributed by atoms with Crippen LogP contribution in [0.25, 0.3) is 11.1 Å². The highest BCUT2D eigenvalue weighted by molar-refractivity contribution is 5.65. The molecular weight excluding hydrogens is 370 g/mol. The lowest BCUT2D eigenvalue weighted by Gasteiger charge is -2.23. The van der Waals surface area contributed by atoms with Gasteiger partial charge < -0.3 is 4.90 Å². The first-order valence-electron chi connectivity index (χ1n) is 10.3. The number of benzene rings is 1. The molecule has 0 unspecified atom stereocenters. The Morgan fingerprint density at radius 1 is 0.867 bits per heavy atom. The van der Waals surface area contributed by atoms with Crippen LogP contribution >= 0.6 is 0 Å². The summed E-state index contributed by atoms with van der Waals surface area (Å²) < 4.78 is 0. The summed E-state index contributed by atoms with van der Waals surface area (Å²) in [5, 5.41) is 11.2. The maximum Gasteiger partial charge on any atom is 0.181 e. The van der Waals surface area contributed by atoms with Crippen molar-refractivity contribution in [2.75, 3.05) is 11.4 Å². The van der Waals surface area contributed by atoms with E-state index in [2.05, 4.69) is 46.0 Å². The normalized spacial score (nSPS) is 10.2. The largest absolute Gasteiger partial charge is 0.311 e. The predicted octanol–water partition coefficient (Wildman–Crippen LogP) is 5.82. The quantitative estimate of drug-likeness (QED) is 0.251. The summed E-state index contributed by atoms with van der Waals surface area (Å²) in [5.74, 6) is 1.81. The Morgan fingerprint density at radius 2 is 1.63 bits per heavy atom. The van der Waals surface area contributed by atoms with Crippen molar-refractivity contribution < 1.29 is 0 Å². The van der Waals surface area contributed by atoms with Gasteiger partial charge in [0.25, 0.3) is 0 Å². The highest BCUT2D eigenvalue weighted by Crippen LogP contribution is 2.25. The van der Waals surface area contributed by atoms with Gasteiger partial charge in [0.15, 0.2) is 6.19 Å². The van der Waals surface area contributed by atoms with Crippen molar-refractivity contribution in [2.45, 2.75) is 32.1 Å². The molecule has 5 heteroatoms. The SMILES string of the molecule is C=C(CCCCCCN(c1ccccn1)c1ccc(-c2ccccc2)cn1)NC#N. The number of allylic oxidation sites excluding steroid dienone is 1. The van der Waals surface area contributed by atoms with Gasteiger partial charge in [-0.2, -0.15) is 5.26 Å². The van der Waals surface area contributed by atoms with Gasteiger partial charge in [0.2, 0.25) is 0 Å². The Morgan fingerprint density at radius 3 is 2.33 bits per heavy atom. The first-order chi connectivity index (χ1) is 14.8. The molecule has 1 aromatic carbocycles. The van der Waals surface area contributed by atoms with Gasteiger partial charge in [-0.15, -0.1) is 0 Å². The van der Waals surface area contributed by atoms with Gasteiger partial charge >= 0.3 is 0 Å². The number of unbranched alkanes of at least 4 members (excludes halogenated alkanes) is 3. The third-order valence-electron chi connectivity index (χ3n) is 4.90. The standard InChI is InChI=1S/C25H27N5/c1-21(29-20-26)11-5-2-3-10-18-30(24-14-8-9-17-27-24)25-16-15-23(19-28-25)22-12-6-4-7-13-22/h4,6-9,12-17,19,29H,1-3,5,10-11,18H2. The van der Waals surface area contributed by atoms with E-state index < -0.39 is 0 Å². The van der Waals surface area contributed by atoms with Crippen LogP contribution in [0.5, 0.6) is 0 Å². The van der Waals surface area contributed by atoms with Crippen LogP contribution < -0.4 is 10.2 Å². The molecule has 0 saturated heterocycles. The van der Waals surface area contributed by atoms with Gasteiger partial charge in [-0.1, -0.05) is 55.8 Å². The minimum Gasteiger partial charge on any atom is -0.311 e. The predicted molar refractivity (Wildman–Crippen MR) is 122 cm³/mol. The molecule has 3 aromatic rings. The summed E-state index contributed by atoms with van der Waals surface area (Å²) in [5.41, 5.74) is 3.05. The minimum absolute atomic E-state index is 0.787. The van der Waals surface area contributed by atoms with Crippen LogP contribution in [0.1, 0.15) is 32.1 Å². The molecule has 152 valence electrons. The average molecular weight is 398 g/mol. The van der Waals surface area contributed by atoms with Crippen molar-refractivity contribution in [2.24, 2.45) is 0 Å². The van der Waals surface area contributed by atoms with Gasteiger partial charge in [-0.25, -0.2) is 9.97 Å². The van der Waals surface area contributed by atoms with E-state index in [1.165, 1.54) is 0 Å². The molecule has 0 amide bonds. The van der Waals surface area contributed by atoms with Gasteiger partial charge in [-0.3, -0.25) is 5.32 Å². The van der Waals surface area contributed by atoms with Crippen LogP contribution in [0.3, 0.4) is 0 Å². The lowest BCUT2D eigenvalue weighted by Crippen LogP contribution is -2.20. The summed E-state index contributed by atoms with van der Waals surface area (Å²) in [6, 6.07) is 20.4. The Balaban J connectivity index is 1.61. The topological polar surface area (TPSA) is 64.8 Å². The van der Waals surface area contributed by atoms with Gasteiger partial charge in [0.05, 0.1) is 0 Å². The lowest BCUT2D eigenvalue weighted by molar-refractivity contribution is 0.632. The molecule has 0 bridgehead atoms. The van der Waals surface area contributed by atoms with Crippen LogP contribution in [-0.4, -0.2) is 16.5 Å². The van der Waals surface area contributed by atoms with Crippen LogP contribution in [0.15, 0.2) is 85.3 Å². The molecule has 0 aliphatic carbocycles. The van der Waals surface area contributed by atoms with E-state index in [0.717, 1.165) is 67.1 Å². The molecule has 3 rings (SSSR count). The van der Waals surface area contributed by atoms with Gasteiger partial charge in [0, 0.05) is 30.2 Å². The van der Waals surface area contributed by atoms with E-state index in [0.29, 0.717) is 0 Å². The maximum atomic E-state index is 8.60. The second-order valence-corrected chi connectivity index (χ2v) is 7.12. The van der Waals surface area contributed by atoms with Gasteiger partial charge in [0.1, 0.15) is 11.6 Å². The van der Waals surface area contributed by atoms with E-state index in [9.17, 15) is 0 Å². The molecule has 0 spiro atoms. The zero-order chi connectivity index (χ0) is 21.0. The molecule has 1 N–H and O–H groups in total. The number of hydrogen-bond acceptors (Lipinski definition) is 5. The third kappa shape index (κ3) is 6.18. The minimum atomic E-state index is 0.787. The Bertz CT molecular complexity index is 946. The zero-order valence-electron chi connectivity index (χ0n) is 17.2. The Kier molecular flexibility index (Phi) is 7.99. The molecular formula is C25H27N5. The second-order valence-electron chi connectivity index (χ2n) is 7.12. The van der Waals surface area contributed by atoms with Crippen molar-refractivity contribution in [3.05, 3.63) is 85.3 Å². The molecule has 2 heterocycles. The number of nitrogens with zero attached hydrogens (tertiary/aromatic N) is 4. The van der Waals surface area contributed by atoms with Crippen molar-refractivity contribution in [3.63, 3.8) is 0 Å². The fourth-order valence-corrected chi connectivity index (χ4v) is 3.31. The molecule has 0 radical (unpaired) electrons. The zero-order valence-corrected chi connectivity index (χ0v) is 17.2. The number of hydrogen-bond donors (Lipinski definition) is 1. The van der Waals surface area contributed by atoms with Crippen molar-refractivity contribution in [1.29, 1.82) is 5.26 Å². The fraction of sp³-hybridized carbons (Fsp3) is 0.240. The monoisotopic (exact) mass is 397 g/mol. The van der Waals surface area contributed by atoms with E-state index in [4.69, 9.17) is 10.2 Å². The first kappa shape index (κ1) is 21.1. The Hall–Kier alpha value is -3.65. The highest BCUT2D eigenvalue weighted by atomic mass is 15.2. The number of aromatic nitrogens is 2. The first-order valence-corrected chi connectivity index (χ1v) is 10.3. The van der Waals surface area contributed by atoms with Gasteiger partial charge in [-0.05, 0) is 49.1 Å². The fourth-order valence-electron chi connectivity index (χ4n) is 3.31. The van der Waals surface area contributed by atoms with Crippen LogP contribution in [0.4, 0.5) is 11.6 Å². The second kappa shape index (κ2) is 11.4. The van der Waals surface area contributed by atoms with E-state index in [1.807, 2.05) is 55.0 Å². The average Bonchev–Trinajstić information content (AvgIpc) is 2.80. The van der Waals surface area contributed by atoms with Crippen LogP contribution in [-0.2, 0) is 0 Å². The molecule has 0 saturated carbocycles. The summed E-state index contributed by atoms with van der Waals surface area (Å²) in [6.07, 6.45) is 10.8. The highest BCUT2D eigenvalue weighted by Gasteiger charge is 2.12. The van der Waals surface area contributed by atoms with Crippen molar-refractivity contribution >= 4 is 11.6 Å². The molecule has 2 aromatic heterocycles. The van der Waals surface area contributed by atoms with Crippen molar-refractivity contribution in [3.8, 4) is 17.3 Å². The lowest BCUT2D eigenvalue weighted by atomic mass is 10.1. The smallest absolute Gasteiger partial charge is 0.181 e. The van der Waals surface area contributed by atoms with Crippen molar-refractivity contribution in [1.82, 2.24) is 15.3 Å². The van der Waals surface area contributed by atoms with Crippen LogP contribution in [0.2, 0.25) is 0 Å².